The van der Waals surface area contributed by atoms with E-state index in [9.17, 15) is 19.7 Å². The topological polar surface area (TPSA) is 113 Å². The van der Waals surface area contributed by atoms with Crippen molar-refractivity contribution < 1.29 is 19.2 Å². The van der Waals surface area contributed by atoms with Crippen LogP contribution in [0.4, 0.5) is 11.4 Å². The molecule has 2 aromatic rings. The van der Waals surface area contributed by atoms with E-state index in [2.05, 4.69) is 0 Å². The summed E-state index contributed by atoms with van der Waals surface area (Å²) in [5.41, 5.74) is 5.38. The number of ketones is 1. The summed E-state index contributed by atoms with van der Waals surface area (Å²) in [5, 5.41) is 10.8. The molecule has 2 N–H and O–H groups in total. The van der Waals surface area contributed by atoms with Gasteiger partial charge in [0, 0.05) is 11.6 Å². The summed E-state index contributed by atoms with van der Waals surface area (Å²) in [4.78, 5) is 33.7. The quantitative estimate of drug-likeness (QED) is 0.298. The number of nitro benzene ring substituents is 1. The van der Waals surface area contributed by atoms with Crippen LogP contribution in [0.5, 0.6) is 0 Å². The van der Waals surface area contributed by atoms with Crippen LogP contribution >= 0.6 is 0 Å². The van der Waals surface area contributed by atoms with Gasteiger partial charge in [0.15, 0.2) is 12.4 Å². The minimum absolute atomic E-state index is 0.0400. The van der Waals surface area contributed by atoms with Crippen LogP contribution in [0.15, 0.2) is 48.5 Å². The summed E-state index contributed by atoms with van der Waals surface area (Å²) < 4.78 is 4.87. The van der Waals surface area contributed by atoms with E-state index in [1.54, 1.807) is 30.3 Å². The molecule has 0 saturated heterocycles. The molecule has 0 bridgehead atoms. The monoisotopic (exact) mass is 300 g/mol. The fraction of sp³-hybridized carbons (Fsp3) is 0.0667. The van der Waals surface area contributed by atoms with Crippen molar-refractivity contribution in [2.24, 2.45) is 0 Å². The van der Waals surface area contributed by atoms with E-state index in [-0.39, 0.29) is 22.7 Å². The maximum Gasteiger partial charge on any atom is 0.338 e. The molecule has 0 saturated carbocycles. The van der Waals surface area contributed by atoms with Gasteiger partial charge in [0.25, 0.3) is 5.69 Å². The van der Waals surface area contributed by atoms with Crippen molar-refractivity contribution in [1.82, 2.24) is 0 Å². The van der Waals surface area contributed by atoms with Gasteiger partial charge in [0.2, 0.25) is 0 Å². The van der Waals surface area contributed by atoms with Gasteiger partial charge in [0.05, 0.1) is 10.5 Å². The second kappa shape index (κ2) is 6.49. The Bertz CT molecular complexity index is 728. The smallest absolute Gasteiger partial charge is 0.338 e. The third kappa shape index (κ3) is 3.45. The molecule has 0 aliphatic carbocycles. The van der Waals surface area contributed by atoms with Crippen molar-refractivity contribution in [2.75, 3.05) is 12.3 Å². The molecule has 0 aromatic heterocycles. The molecule has 22 heavy (non-hydrogen) atoms. The first-order chi connectivity index (χ1) is 10.5. The predicted molar refractivity (Wildman–Crippen MR) is 78.6 cm³/mol. The number of nitrogens with two attached hydrogens (primary N) is 1. The number of anilines is 1. The molecule has 0 spiro atoms. The number of nitrogen functional groups attached to an aromatic ring is 1. The molecule has 0 heterocycles. The Morgan fingerprint density at radius 2 is 1.77 bits per heavy atom. The van der Waals surface area contributed by atoms with Gasteiger partial charge in [-0.2, -0.15) is 0 Å². The molecule has 0 aliphatic heterocycles. The Morgan fingerprint density at radius 1 is 1.09 bits per heavy atom. The second-order valence-electron chi connectivity index (χ2n) is 4.40. The van der Waals surface area contributed by atoms with E-state index in [0.29, 0.717) is 5.56 Å². The van der Waals surface area contributed by atoms with Crippen molar-refractivity contribution in [3.8, 4) is 0 Å². The van der Waals surface area contributed by atoms with Crippen molar-refractivity contribution in [1.29, 1.82) is 0 Å². The minimum Gasteiger partial charge on any atom is -0.454 e. The summed E-state index contributed by atoms with van der Waals surface area (Å²) in [6.45, 7) is -0.443. The summed E-state index contributed by atoms with van der Waals surface area (Å²) >= 11 is 0. The standard InChI is InChI=1S/C15H12N2O5/c16-12-7-6-11(8-13(12)17(20)21)15(19)22-9-14(18)10-4-2-1-3-5-10/h1-8H,9,16H2. The van der Waals surface area contributed by atoms with Crippen LogP contribution in [-0.4, -0.2) is 23.3 Å². The Morgan fingerprint density at radius 3 is 2.41 bits per heavy atom. The number of benzene rings is 2. The van der Waals surface area contributed by atoms with E-state index in [1.165, 1.54) is 12.1 Å². The molecule has 7 nitrogen and oxygen atoms in total. The number of ether oxygens (including phenoxy) is 1. The Hall–Kier alpha value is -3.22. The van der Waals surface area contributed by atoms with E-state index in [4.69, 9.17) is 10.5 Å². The van der Waals surface area contributed by atoms with Gasteiger partial charge >= 0.3 is 5.97 Å². The van der Waals surface area contributed by atoms with Crippen molar-refractivity contribution in [3.05, 3.63) is 69.8 Å². The first-order valence-electron chi connectivity index (χ1n) is 6.28. The lowest BCUT2D eigenvalue weighted by Gasteiger charge is -2.05. The van der Waals surface area contributed by atoms with Crippen LogP contribution in [0.3, 0.4) is 0 Å². The SMILES string of the molecule is Nc1ccc(C(=O)OCC(=O)c2ccccc2)cc1[N+](=O)[O-]. The number of carbonyl (C=O) groups is 2. The van der Waals surface area contributed by atoms with Crippen molar-refractivity contribution >= 4 is 23.1 Å². The van der Waals surface area contributed by atoms with Gasteiger partial charge in [-0.05, 0) is 12.1 Å². The maximum atomic E-state index is 11.8. The molecule has 112 valence electrons. The minimum atomic E-state index is -0.826. The number of esters is 1. The summed E-state index contributed by atoms with van der Waals surface area (Å²) in [6, 6.07) is 11.9. The lowest BCUT2D eigenvalue weighted by Crippen LogP contribution is -2.14. The molecule has 0 amide bonds. The van der Waals surface area contributed by atoms with Crippen molar-refractivity contribution in [2.45, 2.75) is 0 Å². The van der Waals surface area contributed by atoms with Gasteiger partial charge in [-0.15, -0.1) is 0 Å². The number of hydrogen-bond donors (Lipinski definition) is 1. The van der Waals surface area contributed by atoms with E-state index in [0.717, 1.165) is 6.07 Å². The summed E-state index contributed by atoms with van der Waals surface area (Å²) in [5.74, 6) is -1.19. The molecule has 0 fully saturated rings. The third-order valence-corrected chi connectivity index (χ3v) is 2.89. The summed E-state index contributed by atoms with van der Waals surface area (Å²) in [6.07, 6.45) is 0. The molecule has 7 heteroatoms. The first kappa shape index (κ1) is 15.2. The molecule has 0 unspecified atom stereocenters. The lowest BCUT2D eigenvalue weighted by atomic mass is 10.1. The zero-order chi connectivity index (χ0) is 16.1. The third-order valence-electron chi connectivity index (χ3n) is 2.89. The Kier molecular flexibility index (Phi) is 4.47. The van der Waals surface area contributed by atoms with E-state index in [1.807, 2.05) is 0 Å². The zero-order valence-corrected chi connectivity index (χ0v) is 11.4. The fourth-order valence-electron chi connectivity index (χ4n) is 1.75. The van der Waals surface area contributed by atoms with Crippen LogP contribution in [0.1, 0.15) is 20.7 Å². The number of hydrogen-bond acceptors (Lipinski definition) is 6. The molecular weight excluding hydrogens is 288 g/mol. The molecule has 0 radical (unpaired) electrons. The van der Waals surface area contributed by atoms with Crippen LogP contribution in [0, 0.1) is 10.1 Å². The first-order valence-corrected chi connectivity index (χ1v) is 6.28. The normalized spacial score (nSPS) is 10.0. The average molecular weight is 300 g/mol. The van der Waals surface area contributed by atoms with Gasteiger partial charge < -0.3 is 10.5 Å². The highest BCUT2D eigenvalue weighted by Crippen LogP contribution is 2.22. The van der Waals surface area contributed by atoms with Crippen LogP contribution < -0.4 is 5.73 Å². The highest BCUT2D eigenvalue weighted by atomic mass is 16.6. The summed E-state index contributed by atoms with van der Waals surface area (Å²) in [7, 11) is 0. The molecule has 0 atom stereocenters. The van der Waals surface area contributed by atoms with E-state index < -0.39 is 17.5 Å². The zero-order valence-electron chi connectivity index (χ0n) is 11.4. The Labute approximate surface area is 125 Å². The number of nitro groups is 1. The molecule has 2 aromatic carbocycles. The van der Waals surface area contributed by atoms with Gasteiger partial charge in [-0.25, -0.2) is 4.79 Å². The van der Waals surface area contributed by atoms with Gasteiger partial charge in [-0.3, -0.25) is 14.9 Å². The number of carbonyl (C=O) groups excluding carboxylic acids is 2. The molecule has 0 aliphatic rings. The molecular formula is C15H12N2O5. The number of rotatable bonds is 5. The lowest BCUT2D eigenvalue weighted by molar-refractivity contribution is -0.383. The highest BCUT2D eigenvalue weighted by molar-refractivity contribution is 5.99. The predicted octanol–water partition coefficient (Wildman–Crippen LogP) is 2.22. The van der Waals surface area contributed by atoms with Crippen LogP contribution in [0.2, 0.25) is 0 Å². The maximum absolute atomic E-state index is 11.8. The van der Waals surface area contributed by atoms with Crippen molar-refractivity contribution in [3.63, 3.8) is 0 Å². The fourth-order valence-corrected chi connectivity index (χ4v) is 1.75. The average Bonchev–Trinajstić information content (AvgIpc) is 2.53. The second-order valence-corrected chi connectivity index (χ2v) is 4.40. The van der Waals surface area contributed by atoms with Gasteiger partial charge in [0.1, 0.15) is 5.69 Å². The number of Topliss-reactive ketones (excluding diaryl/α,β-unsaturated/α-hetero) is 1. The number of nitrogens with zero attached hydrogens (tertiary/aromatic N) is 1. The van der Waals surface area contributed by atoms with Gasteiger partial charge in [-0.1, -0.05) is 30.3 Å². The van der Waals surface area contributed by atoms with Crippen LogP contribution in [-0.2, 0) is 4.74 Å². The Balaban J connectivity index is 2.05. The highest BCUT2D eigenvalue weighted by Gasteiger charge is 2.17. The molecule has 2 rings (SSSR count). The van der Waals surface area contributed by atoms with E-state index >= 15 is 0 Å². The largest absolute Gasteiger partial charge is 0.454 e. The van der Waals surface area contributed by atoms with Crippen LogP contribution in [0.25, 0.3) is 0 Å².